The molecule has 0 atom stereocenters. The molecule has 0 saturated carbocycles. The molecule has 0 fully saturated rings. The summed E-state index contributed by atoms with van der Waals surface area (Å²) in [7, 11) is 0. The molecule has 0 spiro atoms. The number of primary amides is 1. The number of nitrogens with one attached hydrogen (secondary N) is 1. The van der Waals surface area contributed by atoms with E-state index in [0.717, 1.165) is 16.6 Å². The first-order valence-electron chi connectivity index (χ1n) is 5.79. The Morgan fingerprint density at radius 2 is 1.89 bits per heavy atom. The van der Waals surface area contributed by atoms with Gasteiger partial charge >= 0.3 is 0 Å². The van der Waals surface area contributed by atoms with E-state index in [1.807, 2.05) is 18.2 Å². The normalized spacial score (nSPS) is 10.7. The fraction of sp³-hybridized carbons (Fsp3) is 0. The molecular formula is C14H12N4O. The number of aromatic amines is 1. The minimum atomic E-state index is -0.509. The van der Waals surface area contributed by atoms with Gasteiger partial charge in [-0.1, -0.05) is 12.1 Å². The quantitative estimate of drug-likeness (QED) is 0.607. The number of benzene rings is 1. The molecule has 5 nitrogen and oxygen atoms in total. The van der Waals surface area contributed by atoms with Gasteiger partial charge in [-0.05, 0) is 29.8 Å². The Labute approximate surface area is 109 Å². The number of rotatable bonds is 2. The standard InChI is InChI=1S/C14H12N4O/c15-9-5-3-8(4-6-9)11-12-10(2-1-7-17-12)18-13(11)14(16)19/h1-7,18H,15H2,(H2,16,19). The van der Waals surface area contributed by atoms with Crippen LogP contribution in [0.5, 0.6) is 0 Å². The van der Waals surface area contributed by atoms with E-state index in [4.69, 9.17) is 11.5 Å². The van der Waals surface area contributed by atoms with Gasteiger partial charge in [-0.15, -0.1) is 0 Å². The second-order valence-corrected chi connectivity index (χ2v) is 4.26. The van der Waals surface area contributed by atoms with Crippen LogP contribution in [0, 0.1) is 0 Å². The van der Waals surface area contributed by atoms with E-state index in [9.17, 15) is 4.79 Å². The van der Waals surface area contributed by atoms with E-state index in [1.165, 1.54) is 0 Å². The van der Waals surface area contributed by atoms with Gasteiger partial charge in [-0.3, -0.25) is 9.78 Å². The molecule has 0 aliphatic heterocycles. The number of anilines is 1. The summed E-state index contributed by atoms with van der Waals surface area (Å²) in [6, 6.07) is 10.9. The molecule has 0 bridgehead atoms. The SMILES string of the molecule is NC(=O)c1[nH]c2cccnc2c1-c1ccc(N)cc1. The number of hydrogen-bond donors (Lipinski definition) is 3. The van der Waals surface area contributed by atoms with Gasteiger partial charge in [-0.2, -0.15) is 0 Å². The van der Waals surface area contributed by atoms with Crippen LogP contribution >= 0.6 is 0 Å². The van der Waals surface area contributed by atoms with Crippen molar-refractivity contribution in [3.63, 3.8) is 0 Å². The first-order chi connectivity index (χ1) is 9.16. The predicted octanol–water partition coefficient (Wildman–Crippen LogP) is 1.91. The molecular weight excluding hydrogens is 240 g/mol. The summed E-state index contributed by atoms with van der Waals surface area (Å²) in [6.07, 6.45) is 1.68. The van der Waals surface area contributed by atoms with Crippen molar-refractivity contribution >= 4 is 22.6 Å². The van der Waals surface area contributed by atoms with Crippen molar-refractivity contribution in [3.05, 3.63) is 48.3 Å². The van der Waals surface area contributed by atoms with Crippen LogP contribution in [-0.2, 0) is 0 Å². The summed E-state index contributed by atoms with van der Waals surface area (Å²) in [5, 5.41) is 0. The molecule has 19 heavy (non-hydrogen) atoms. The van der Waals surface area contributed by atoms with Crippen molar-refractivity contribution in [2.75, 3.05) is 5.73 Å². The summed E-state index contributed by atoms with van der Waals surface area (Å²) >= 11 is 0. The Balaban J connectivity index is 2.34. The van der Waals surface area contributed by atoms with Gasteiger partial charge in [0.2, 0.25) is 0 Å². The zero-order valence-corrected chi connectivity index (χ0v) is 10.1. The number of amides is 1. The molecule has 0 aliphatic rings. The summed E-state index contributed by atoms with van der Waals surface area (Å²) < 4.78 is 0. The highest BCUT2D eigenvalue weighted by atomic mass is 16.1. The number of carbonyl (C=O) groups excluding carboxylic acids is 1. The van der Waals surface area contributed by atoms with Gasteiger partial charge < -0.3 is 16.5 Å². The van der Waals surface area contributed by atoms with Crippen LogP contribution in [0.4, 0.5) is 5.69 Å². The van der Waals surface area contributed by atoms with Crippen molar-refractivity contribution < 1.29 is 4.79 Å². The largest absolute Gasteiger partial charge is 0.399 e. The van der Waals surface area contributed by atoms with E-state index in [0.29, 0.717) is 16.9 Å². The molecule has 0 radical (unpaired) electrons. The van der Waals surface area contributed by atoms with Crippen LogP contribution in [0.3, 0.4) is 0 Å². The number of nitrogen functional groups attached to an aromatic ring is 1. The third kappa shape index (κ3) is 1.81. The van der Waals surface area contributed by atoms with Crippen molar-refractivity contribution in [2.45, 2.75) is 0 Å². The van der Waals surface area contributed by atoms with Crippen LogP contribution in [0.15, 0.2) is 42.6 Å². The predicted molar refractivity (Wildman–Crippen MR) is 74.5 cm³/mol. The van der Waals surface area contributed by atoms with E-state index < -0.39 is 5.91 Å². The molecule has 1 amide bonds. The monoisotopic (exact) mass is 252 g/mol. The van der Waals surface area contributed by atoms with Crippen molar-refractivity contribution in [3.8, 4) is 11.1 Å². The van der Waals surface area contributed by atoms with Crippen molar-refractivity contribution in [1.29, 1.82) is 0 Å². The van der Waals surface area contributed by atoms with Gasteiger partial charge in [0.05, 0.1) is 11.0 Å². The van der Waals surface area contributed by atoms with Crippen LogP contribution in [0.1, 0.15) is 10.5 Å². The fourth-order valence-corrected chi connectivity index (χ4v) is 2.14. The molecule has 2 heterocycles. The Hall–Kier alpha value is -2.82. The number of nitrogens with zero attached hydrogens (tertiary/aromatic N) is 1. The molecule has 0 unspecified atom stereocenters. The average Bonchev–Trinajstić information content (AvgIpc) is 2.79. The number of pyridine rings is 1. The maximum absolute atomic E-state index is 11.6. The highest BCUT2D eigenvalue weighted by Gasteiger charge is 2.17. The molecule has 1 aromatic carbocycles. The van der Waals surface area contributed by atoms with Gasteiger partial charge in [0.15, 0.2) is 0 Å². The van der Waals surface area contributed by atoms with E-state index in [2.05, 4.69) is 9.97 Å². The maximum atomic E-state index is 11.6. The lowest BCUT2D eigenvalue weighted by Crippen LogP contribution is -2.12. The number of aromatic nitrogens is 2. The number of hydrogen-bond acceptors (Lipinski definition) is 3. The Morgan fingerprint density at radius 1 is 1.16 bits per heavy atom. The zero-order valence-electron chi connectivity index (χ0n) is 10.1. The lowest BCUT2D eigenvalue weighted by atomic mass is 10.0. The van der Waals surface area contributed by atoms with Crippen LogP contribution in [0.25, 0.3) is 22.2 Å². The maximum Gasteiger partial charge on any atom is 0.265 e. The first-order valence-corrected chi connectivity index (χ1v) is 5.79. The van der Waals surface area contributed by atoms with Crippen molar-refractivity contribution in [2.24, 2.45) is 5.73 Å². The van der Waals surface area contributed by atoms with E-state index >= 15 is 0 Å². The van der Waals surface area contributed by atoms with Gasteiger partial charge in [-0.25, -0.2) is 0 Å². The summed E-state index contributed by atoms with van der Waals surface area (Å²) in [5.41, 5.74) is 15.2. The van der Waals surface area contributed by atoms with Crippen LogP contribution in [0.2, 0.25) is 0 Å². The second-order valence-electron chi connectivity index (χ2n) is 4.26. The minimum Gasteiger partial charge on any atom is -0.399 e. The Bertz CT molecular complexity index is 759. The second kappa shape index (κ2) is 4.13. The lowest BCUT2D eigenvalue weighted by molar-refractivity contribution is 0.0997. The first kappa shape index (κ1) is 11.3. The highest BCUT2D eigenvalue weighted by molar-refractivity contribution is 6.07. The minimum absolute atomic E-state index is 0.360. The average molecular weight is 252 g/mol. The Morgan fingerprint density at radius 3 is 2.58 bits per heavy atom. The molecule has 0 saturated heterocycles. The molecule has 0 aliphatic carbocycles. The number of H-pyrrole nitrogens is 1. The van der Waals surface area contributed by atoms with E-state index in [1.54, 1.807) is 24.4 Å². The molecule has 3 rings (SSSR count). The fourth-order valence-electron chi connectivity index (χ4n) is 2.14. The molecule has 5 N–H and O–H groups in total. The highest BCUT2D eigenvalue weighted by Crippen LogP contribution is 2.31. The molecule has 5 heteroatoms. The third-order valence-electron chi connectivity index (χ3n) is 3.00. The van der Waals surface area contributed by atoms with Gasteiger partial charge in [0.1, 0.15) is 5.69 Å². The van der Waals surface area contributed by atoms with Gasteiger partial charge in [0, 0.05) is 17.4 Å². The number of nitrogens with two attached hydrogens (primary N) is 2. The summed E-state index contributed by atoms with van der Waals surface area (Å²) in [4.78, 5) is 18.9. The topological polar surface area (TPSA) is 97.8 Å². The third-order valence-corrected chi connectivity index (χ3v) is 3.00. The van der Waals surface area contributed by atoms with Crippen LogP contribution < -0.4 is 11.5 Å². The van der Waals surface area contributed by atoms with Crippen molar-refractivity contribution in [1.82, 2.24) is 9.97 Å². The summed E-state index contributed by atoms with van der Waals surface area (Å²) in [6.45, 7) is 0. The van der Waals surface area contributed by atoms with E-state index in [-0.39, 0.29) is 0 Å². The van der Waals surface area contributed by atoms with Crippen LogP contribution in [-0.4, -0.2) is 15.9 Å². The molecule has 2 aromatic heterocycles. The zero-order chi connectivity index (χ0) is 13.4. The lowest BCUT2D eigenvalue weighted by Gasteiger charge is -2.02. The molecule has 94 valence electrons. The molecule has 3 aromatic rings. The van der Waals surface area contributed by atoms with Gasteiger partial charge in [0.25, 0.3) is 5.91 Å². The number of carbonyl (C=O) groups is 1. The smallest absolute Gasteiger partial charge is 0.265 e. The Kier molecular flexibility index (Phi) is 2.45. The number of fused-ring (bicyclic) bond motifs is 1. The summed E-state index contributed by atoms with van der Waals surface area (Å²) in [5.74, 6) is -0.509.